The van der Waals surface area contributed by atoms with E-state index in [1.165, 1.54) is 12.7 Å². The number of hydrogen-bond donors (Lipinski definition) is 1. The lowest BCUT2D eigenvalue weighted by atomic mass is 9.73. The fraction of sp³-hybridized carbons (Fsp3) is 0.737. The first-order valence-electron chi connectivity index (χ1n) is 9.56. The normalized spacial score (nSPS) is 38.2. The lowest BCUT2D eigenvalue weighted by molar-refractivity contribution is -0.0122. The van der Waals surface area contributed by atoms with Crippen molar-refractivity contribution in [3.63, 3.8) is 0 Å². The summed E-state index contributed by atoms with van der Waals surface area (Å²) in [6.45, 7) is 4.60. The number of amides is 1. The van der Waals surface area contributed by atoms with Crippen LogP contribution in [0.1, 0.15) is 36.2 Å². The van der Waals surface area contributed by atoms with Crippen molar-refractivity contribution in [1.29, 1.82) is 0 Å². The van der Waals surface area contributed by atoms with Gasteiger partial charge in [-0.3, -0.25) is 9.69 Å². The van der Waals surface area contributed by atoms with Gasteiger partial charge in [0.2, 0.25) is 0 Å². The van der Waals surface area contributed by atoms with Gasteiger partial charge in [0, 0.05) is 50.7 Å². The highest BCUT2D eigenvalue weighted by atomic mass is 16.5. The molecule has 2 bridgehead atoms. The van der Waals surface area contributed by atoms with Crippen LogP contribution < -0.4 is 5.32 Å². The smallest absolute Gasteiger partial charge is 0.286 e. The molecule has 0 aliphatic carbocycles. The summed E-state index contributed by atoms with van der Waals surface area (Å²) in [5.74, 6) is 1.21. The van der Waals surface area contributed by atoms with Gasteiger partial charge in [0.15, 0.2) is 5.76 Å². The molecule has 4 saturated heterocycles. The van der Waals surface area contributed by atoms with Gasteiger partial charge in [-0.15, -0.1) is 0 Å². The van der Waals surface area contributed by atoms with E-state index in [1.54, 1.807) is 12.1 Å². The molecule has 1 spiro atoms. The first-order valence-corrected chi connectivity index (χ1v) is 9.56. The lowest BCUT2D eigenvalue weighted by Crippen LogP contribution is -2.41. The van der Waals surface area contributed by atoms with Crippen LogP contribution in [0.5, 0.6) is 0 Å². The highest BCUT2D eigenvalue weighted by molar-refractivity contribution is 5.91. The summed E-state index contributed by atoms with van der Waals surface area (Å²) in [5.41, 5.74) is 0.0308. The Morgan fingerprint density at radius 1 is 1.32 bits per heavy atom. The highest BCUT2D eigenvalue weighted by Crippen LogP contribution is 2.55. The van der Waals surface area contributed by atoms with Gasteiger partial charge in [-0.25, -0.2) is 0 Å². The maximum Gasteiger partial charge on any atom is 0.286 e. The van der Waals surface area contributed by atoms with Crippen molar-refractivity contribution in [3.8, 4) is 0 Å². The van der Waals surface area contributed by atoms with E-state index in [0.717, 1.165) is 45.6 Å². The molecule has 0 saturated carbocycles. The number of nitrogens with one attached hydrogen (secondary N) is 1. The first kappa shape index (κ1) is 15.9. The molecule has 5 rings (SSSR count). The molecule has 0 unspecified atom stereocenters. The standard InChI is InChI=1S/C19H26N2O4/c22-18(17-2-1-7-24-17)20-10-14-15-11-21(13-4-8-23-9-5-13)12-19(15)6-3-16(14)25-19/h1-2,7,13-16H,3-6,8-12H2,(H,20,22)/t14-,15+,16+,19+/m0/s1. The van der Waals surface area contributed by atoms with Gasteiger partial charge in [-0.2, -0.15) is 0 Å². The Morgan fingerprint density at radius 3 is 3.00 bits per heavy atom. The molecule has 1 amide bonds. The van der Waals surface area contributed by atoms with Crippen molar-refractivity contribution in [2.45, 2.75) is 43.4 Å². The number of carbonyl (C=O) groups excluding carboxylic acids is 1. The molecular formula is C19H26N2O4. The van der Waals surface area contributed by atoms with E-state index in [2.05, 4.69) is 10.2 Å². The van der Waals surface area contributed by atoms with Gasteiger partial charge in [0.1, 0.15) is 0 Å². The van der Waals surface area contributed by atoms with Crippen molar-refractivity contribution < 1.29 is 18.7 Å². The average Bonchev–Trinajstić information content (AvgIpc) is 3.40. The fourth-order valence-corrected chi connectivity index (χ4v) is 5.53. The Bertz CT molecular complexity index is 627. The monoisotopic (exact) mass is 346 g/mol. The molecule has 1 aromatic heterocycles. The molecule has 136 valence electrons. The maximum atomic E-state index is 12.2. The fourth-order valence-electron chi connectivity index (χ4n) is 5.53. The molecule has 4 aliphatic heterocycles. The van der Waals surface area contributed by atoms with E-state index in [1.807, 2.05) is 0 Å². The second-order valence-electron chi connectivity index (χ2n) is 7.99. The van der Waals surface area contributed by atoms with Gasteiger partial charge >= 0.3 is 0 Å². The van der Waals surface area contributed by atoms with E-state index in [4.69, 9.17) is 13.9 Å². The topological polar surface area (TPSA) is 63.9 Å². The summed E-state index contributed by atoms with van der Waals surface area (Å²) in [6.07, 6.45) is 6.40. The highest BCUT2D eigenvalue weighted by Gasteiger charge is 2.63. The van der Waals surface area contributed by atoms with Crippen molar-refractivity contribution in [2.24, 2.45) is 11.8 Å². The van der Waals surface area contributed by atoms with Crippen LogP contribution in [0.3, 0.4) is 0 Å². The number of ether oxygens (including phenoxy) is 2. The minimum atomic E-state index is -0.124. The van der Waals surface area contributed by atoms with Crippen molar-refractivity contribution in [2.75, 3.05) is 32.8 Å². The molecule has 5 heterocycles. The second kappa shape index (κ2) is 6.11. The zero-order valence-electron chi connectivity index (χ0n) is 14.5. The maximum absolute atomic E-state index is 12.2. The summed E-state index contributed by atoms with van der Waals surface area (Å²) in [5, 5.41) is 3.06. The van der Waals surface area contributed by atoms with E-state index in [0.29, 0.717) is 36.3 Å². The largest absolute Gasteiger partial charge is 0.459 e. The van der Waals surface area contributed by atoms with Crippen LogP contribution in [0, 0.1) is 11.8 Å². The summed E-state index contributed by atoms with van der Waals surface area (Å²) in [4.78, 5) is 14.8. The Labute approximate surface area is 147 Å². The minimum absolute atomic E-state index is 0.0308. The van der Waals surface area contributed by atoms with E-state index in [9.17, 15) is 4.79 Å². The number of likely N-dealkylation sites (tertiary alicyclic amines) is 1. The van der Waals surface area contributed by atoms with Gasteiger partial charge in [-0.1, -0.05) is 0 Å². The number of rotatable bonds is 4. The SMILES string of the molecule is O=C(NC[C@H]1[C@H]2CN(C3CCOCC3)C[C@]23CC[C@H]1O3)c1ccco1. The van der Waals surface area contributed by atoms with Crippen molar-refractivity contribution in [1.82, 2.24) is 10.2 Å². The van der Waals surface area contributed by atoms with Crippen LogP contribution in [-0.4, -0.2) is 61.4 Å². The quantitative estimate of drug-likeness (QED) is 0.898. The van der Waals surface area contributed by atoms with E-state index < -0.39 is 0 Å². The summed E-state index contributed by atoms with van der Waals surface area (Å²) < 4.78 is 17.2. The molecule has 1 aromatic rings. The van der Waals surface area contributed by atoms with E-state index in [-0.39, 0.29) is 11.5 Å². The third kappa shape index (κ3) is 2.62. The van der Waals surface area contributed by atoms with Gasteiger partial charge in [0.05, 0.1) is 18.0 Å². The molecule has 6 heteroatoms. The zero-order chi connectivity index (χ0) is 16.9. The molecule has 6 nitrogen and oxygen atoms in total. The number of hydrogen-bond acceptors (Lipinski definition) is 5. The molecule has 4 atom stereocenters. The lowest BCUT2D eigenvalue weighted by Gasteiger charge is -2.32. The Hall–Kier alpha value is -1.37. The molecule has 0 aromatic carbocycles. The third-order valence-electron chi connectivity index (χ3n) is 6.76. The summed E-state index contributed by atoms with van der Waals surface area (Å²) >= 11 is 0. The average molecular weight is 346 g/mol. The second-order valence-corrected chi connectivity index (χ2v) is 7.99. The van der Waals surface area contributed by atoms with Crippen LogP contribution in [0.2, 0.25) is 0 Å². The molecule has 0 radical (unpaired) electrons. The van der Waals surface area contributed by atoms with Gasteiger partial charge in [-0.05, 0) is 37.8 Å². The van der Waals surface area contributed by atoms with Crippen LogP contribution in [0.4, 0.5) is 0 Å². The first-order chi connectivity index (χ1) is 12.3. The molecular weight excluding hydrogens is 320 g/mol. The molecule has 1 N–H and O–H groups in total. The Kier molecular flexibility index (Phi) is 3.87. The van der Waals surface area contributed by atoms with Crippen LogP contribution in [0.25, 0.3) is 0 Å². The third-order valence-corrected chi connectivity index (χ3v) is 6.76. The Balaban J connectivity index is 1.26. The summed E-state index contributed by atoms with van der Waals surface area (Å²) in [6, 6.07) is 4.08. The predicted octanol–water partition coefficient (Wildman–Crippen LogP) is 1.67. The summed E-state index contributed by atoms with van der Waals surface area (Å²) in [7, 11) is 0. The molecule has 4 fully saturated rings. The predicted molar refractivity (Wildman–Crippen MR) is 90.3 cm³/mol. The molecule has 4 aliphatic rings. The number of carbonyl (C=O) groups is 1. The molecule has 25 heavy (non-hydrogen) atoms. The van der Waals surface area contributed by atoms with Crippen molar-refractivity contribution >= 4 is 5.91 Å². The Morgan fingerprint density at radius 2 is 2.20 bits per heavy atom. The van der Waals surface area contributed by atoms with Gasteiger partial charge in [0.25, 0.3) is 5.91 Å². The number of nitrogens with zero attached hydrogens (tertiary/aromatic N) is 1. The zero-order valence-corrected chi connectivity index (χ0v) is 14.5. The minimum Gasteiger partial charge on any atom is -0.459 e. The van der Waals surface area contributed by atoms with Crippen LogP contribution in [-0.2, 0) is 9.47 Å². The number of furan rings is 1. The van der Waals surface area contributed by atoms with Crippen LogP contribution >= 0.6 is 0 Å². The van der Waals surface area contributed by atoms with Crippen LogP contribution in [0.15, 0.2) is 22.8 Å². The number of fused-ring (bicyclic) bond motifs is 1. The van der Waals surface area contributed by atoms with Crippen molar-refractivity contribution in [3.05, 3.63) is 24.2 Å². The van der Waals surface area contributed by atoms with Gasteiger partial charge < -0.3 is 19.2 Å². The van der Waals surface area contributed by atoms with E-state index >= 15 is 0 Å².